The predicted molar refractivity (Wildman–Crippen MR) is 148 cm³/mol. The van der Waals surface area contributed by atoms with Crippen molar-refractivity contribution in [3.05, 3.63) is 50.6 Å². The van der Waals surface area contributed by atoms with Crippen molar-refractivity contribution in [1.82, 2.24) is 9.80 Å². The molecule has 0 saturated carbocycles. The number of fused-ring (bicyclic) bond motifs is 9. The summed E-state index contributed by atoms with van der Waals surface area (Å²) in [6.45, 7) is 10.0. The summed E-state index contributed by atoms with van der Waals surface area (Å²) in [6, 6.07) is 4.10. The Morgan fingerprint density at radius 1 is 1.19 bits per heavy atom. The number of phenols is 1. The zero-order valence-corrected chi connectivity index (χ0v) is 23.2. The van der Waals surface area contributed by atoms with Crippen LogP contribution < -0.4 is 9.47 Å². The van der Waals surface area contributed by atoms with Crippen LogP contribution in [-0.2, 0) is 12.8 Å². The number of nitrogens with zero attached hydrogens (tertiary/aromatic N) is 3. The number of phenolic OH excluding ortho intramolecular Hbond substituents is 1. The van der Waals surface area contributed by atoms with Gasteiger partial charge in [0.05, 0.1) is 24.8 Å². The average Bonchev–Trinajstić information content (AvgIpc) is 3.37. The molecule has 1 saturated heterocycles. The van der Waals surface area contributed by atoms with E-state index in [0.29, 0.717) is 23.5 Å². The maximum absolute atomic E-state index is 11.3. The highest BCUT2D eigenvalue weighted by Crippen LogP contribution is 2.56. The number of thiol groups is 1. The summed E-state index contributed by atoms with van der Waals surface area (Å²) in [7, 11) is 2.13. The average molecular weight is 525 g/mol. The van der Waals surface area contributed by atoms with E-state index in [4.69, 9.17) is 17.3 Å². The number of benzene rings is 2. The van der Waals surface area contributed by atoms with E-state index in [1.165, 1.54) is 27.8 Å². The van der Waals surface area contributed by atoms with Gasteiger partial charge >= 0.3 is 0 Å². The maximum Gasteiger partial charge on any atom is 0.231 e. The van der Waals surface area contributed by atoms with E-state index in [0.717, 1.165) is 17.5 Å². The molecule has 0 spiro atoms. The number of aliphatic hydroxyl groups excluding tert-OH is 1. The minimum Gasteiger partial charge on any atom is -0.507 e. The highest BCUT2D eigenvalue weighted by atomic mass is 32.1. The normalized spacial score (nSPS) is 28.0. The smallest absolute Gasteiger partial charge is 0.231 e. The molecule has 0 radical (unpaired) electrons. The van der Waals surface area contributed by atoms with E-state index in [9.17, 15) is 10.4 Å². The molecule has 2 N–H and O–H groups in total. The Balaban J connectivity index is 0.000000723. The fourth-order valence-corrected chi connectivity index (χ4v) is 7.15. The molecule has 196 valence electrons. The van der Waals surface area contributed by atoms with Crippen LogP contribution in [0.1, 0.15) is 56.6 Å². The van der Waals surface area contributed by atoms with Crippen LogP contribution in [0.2, 0.25) is 6.82 Å². The molecule has 2 bridgehead atoms. The predicted octanol–water partition coefficient (Wildman–Crippen LogP) is 3.43. The Morgan fingerprint density at radius 2 is 1.89 bits per heavy atom. The molecular weight excluding hydrogens is 485 g/mol. The molecular formula is C28H36BN3O4S. The fourth-order valence-electron chi connectivity index (χ4n) is 7.15. The van der Waals surface area contributed by atoms with Crippen molar-refractivity contribution in [3.63, 3.8) is 0 Å². The van der Waals surface area contributed by atoms with Crippen molar-refractivity contribution in [2.75, 3.05) is 20.4 Å². The van der Waals surface area contributed by atoms with Gasteiger partial charge in [-0.1, -0.05) is 12.9 Å². The number of likely N-dealkylation sites (N-methyl/N-ethyl adjacent to an activating group) is 1. The van der Waals surface area contributed by atoms with Crippen LogP contribution in [0, 0.1) is 39.0 Å². The number of nitriles is 1. The lowest BCUT2D eigenvalue weighted by Gasteiger charge is -2.60. The molecule has 4 aliphatic rings. The number of piperazine rings is 1. The first kappa shape index (κ1) is 23.7. The third kappa shape index (κ3) is 3.68. The molecule has 4 heterocycles. The van der Waals surface area contributed by atoms with E-state index in [1.807, 2.05) is 6.92 Å². The standard InChI is InChI=1S/C27H31N3O4.CH5BS/c1-12-6-16-7-18-20(9-28)30-19(24(29(18)5)22(16)14(3)13(12)2)8-17-23(21(30)10-31)27-26(33-11-34-27)15(4)25(17)32;1-2-3/h6,18-21,24,31-32H,7-8,10-11H2,1-5H3;2-3H,1H3/t18-,19?,20-,21-,24-;/m0./s1/i31T;2D. The minimum atomic E-state index is -0.403. The van der Waals surface area contributed by atoms with Gasteiger partial charge in [0.2, 0.25) is 8.22 Å². The second-order valence-corrected chi connectivity index (χ2v) is 11.1. The second-order valence-electron chi connectivity index (χ2n) is 10.6. The second kappa shape index (κ2) is 9.74. The molecule has 0 aliphatic carbocycles. The van der Waals surface area contributed by atoms with Crippen LogP contribution in [0.4, 0.5) is 0 Å². The SMILES string of the molecule is [2H]B(C)S.[3H]OC[C@H]1c2c(c(O)c(C)c3c2OCO3)CC2[C@H]3c4c(cc(C)c(C)c4C)C[C@@H]([C@H](C#N)N21)N3C. The number of aromatic hydroxyl groups is 1. The van der Waals surface area contributed by atoms with E-state index in [-0.39, 0.29) is 43.8 Å². The maximum atomic E-state index is 11.3. The zero-order valence-electron chi connectivity index (χ0n) is 24.3. The topological polar surface area (TPSA) is 89.2 Å². The fraction of sp³-hybridized carbons (Fsp3) is 0.536. The Bertz CT molecular complexity index is 1350. The van der Waals surface area contributed by atoms with Crippen molar-refractivity contribution >= 4 is 19.0 Å². The zero-order chi connectivity index (χ0) is 28.3. The molecule has 0 aromatic heterocycles. The van der Waals surface area contributed by atoms with Crippen molar-refractivity contribution < 1.29 is 19.7 Å². The van der Waals surface area contributed by atoms with Crippen LogP contribution in [0.25, 0.3) is 0 Å². The molecule has 5 atom stereocenters. The molecule has 0 amide bonds. The Hall–Kier alpha value is -2.38. The first-order chi connectivity index (χ1) is 18.5. The molecule has 1 fully saturated rings. The highest BCUT2D eigenvalue weighted by Gasteiger charge is 2.56. The van der Waals surface area contributed by atoms with Gasteiger partial charge in [0, 0.05) is 28.8 Å². The number of aliphatic hydroxyl groups is 1. The van der Waals surface area contributed by atoms with Crippen LogP contribution in [0.5, 0.6) is 17.2 Å². The molecule has 1 unspecified atom stereocenters. The molecule has 2 aromatic carbocycles. The summed E-state index contributed by atoms with van der Waals surface area (Å²) in [6.07, 6.45) is 1.36. The lowest BCUT2D eigenvalue weighted by molar-refractivity contribution is -0.0821. The highest BCUT2D eigenvalue weighted by molar-refractivity contribution is 8.06. The Morgan fingerprint density at radius 3 is 2.57 bits per heavy atom. The van der Waals surface area contributed by atoms with Crippen LogP contribution in [0.3, 0.4) is 0 Å². The lowest BCUT2D eigenvalue weighted by atomic mass is 9.70. The number of aryl methyl sites for hydroxylation is 1. The van der Waals surface area contributed by atoms with E-state index < -0.39 is 12.1 Å². The van der Waals surface area contributed by atoms with Crippen LogP contribution >= 0.6 is 12.5 Å². The van der Waals surface area contributed by atoms with Gasteiger partial charge in [0.1, 0.15) is 11.8 Å². The number of ether oxygens (including phenoxy) is 2. The van der Waals surface area contributed by atoms with Crippen molar-refractivity contribution in [3.8, 4) is 23.3 Å². The molecule has 4 aliphatic heterocycles. The van der Waals surface area contributed by atoms with E-state index in [2.05, 4.69) is 62.2 Å². The Kier molecular flexibility index (Phi) is 6.24. The lowest BCUT2D eigenvalue weighted by Crippen LogP contribution is -2.68. The van der Waals surface area contributed by atoms with Crippen molar-refractivity contribution in [1.29, 1.82) is 8.03 Å². The molecule has 6 rings (SSSR count). The van der Waals surface area contributed by atoms with Crippen LogP contribution in [0.15, 0.2) is 6.07 Å². The molecule has 7 nitrogen and oxygen atoms in total. The first-order valence-corrected chi connectivity index (χ1v) is 13.4. The van der Waals surface area contributed by atoms with Gasteiger partial charge in [-0.15, -0.1) is 0 Å². The summed E-state index contributed by atoms with van der Waals surface area (Å²) in [5, 5.41) is 26.8. The van der Waals surface area contributed by atoms with E-state index >= 15 is 0 Å². The van der Waals surface area contributed by atoms with Gasteiger partial charge < -0.3 is 19.7 Å². The van der Waals surface area contributed by atoms with Crippen molar-refractivity contribution in [2.45, 2.75) is 77.6 Å². The quantitative estimate of drug-likeness (QED) is 0.410. The van der Waals surface area contributed by atoms with Gasteiger partial charge in [-0.3, -0.25) is 9.80 Å². The third-order valence-corrected chi connectivity index (χ3v) is 8.98. The number of hydrogen-bond donors (Lipinski definition) is 3. The monoisotopic (exact) mass is 524 g/mol. The summed E-state index contributed by atoms with van der Waals surface area (Å²) >= 11 is 3.63. The van der Waals surface area contributed by atoms with Gasteiger partial charge in [-0.2, -0.15) is 5.26 Å². The summed E-state index contributed by atoms with van der Waals surface area (Å²) in [4.78, 5) is 4.63. The third-order valence-electron chi connectivity index (χ3n) is 8.98. The molecule has 9 heteroatoms. The Labute approximate surface area is 228 Å². The molecule has 37 heavy (non-hydrogen) atoms. The first-order valence-electron chi connectivity index (χ1n) is 13.8. The van der Waals surface area contributed by atoms with Gasteiger partial charge in [0.25, 0.3) is 0 Å². The van der Waals surface area contributed by atoms with Gasteiger partial charge in [-0.25, -0.2) is 12.5 Å². The van der Waals surface area contributed by atoms with Crippen LogP contribution in [-0.4, -0.2) is 67.9 Å². The summed E-state index contributed by atoms with van der Waals surface area (Å²) < 4.78 is 25.7. The van der Waals surface area contributed by atoms with E-state index in [1.54, 1.807) is 6.82 Å². The molecule has 2 aromatic rings. The summed E-state index contributed by atoms with van der Waals surface area (Å²) in [5.41, 5.74) is 8.82. The number of hydrogen-bond acceptors (Lipinski definition) is 8. The largest absolute Gasteiger partial charge is 0.507 e. The van der Waals surface area contributed by atoms with Crippen molar-refractivity contribution in [2.24, 2.45) is 0 Å². The number of rotatable bonds is 2. The summed E-state index contributed by atoms with van der Waals surface area (Å²) in [5.74, 6) is 1.37. The minimum absolute atomic E-state index is 0.00861. The van der Waals surface area contributed by atoms with Gasteiger partial charge in [-0.05, 0) is 76.7 Å². The van der Waals surface area contributed by atoms with Gasteiger partial charge in [0.15, 0.2) is 18.0 Å².